The lowest BCUT2D eigenvalue weighted by atomic mass is 9.99. The average Bonchev–Trinajstić information content (AvgIpc) is 2.51. The molecule has 0 radical (unpaired) electrons. The fourth-order valence-electron chi connectivity index (χ4n) is 1.67. The molecule has 0 saturated heterocycles. The molecule has 0 amide bonds. The minimum Gasteiger partial charge on any atom is -0.481 e. The molecule has 0 spiro atoms. The molecule has 0 aliphatic heterocycles. The number of carboxylic acid groups (broad SMARTS) is 1. The van der Waals surface area contributed by atoms with Crippen LogP contribution in [0.5, 0.6) is 0 Å². The molecule has 1 saturated carbocycles. The molecule has 0 aromatic rings. The monoisotopic (exact) mass is 169 g/mol. The van der Waals surface area contributed by atoms with Gasteiger partial charge in [0.15, 0.2) is 0 Å². The van der Waals surface area contributed by atoms with E-state index in [9.17, 15) is 4.79 Å². The van der Waals surface area contributed by atoms with E-state index in [-0.39, 0.29) is 5.92 Å². The molecule has 1 rings (SSSR count). The van der Waals surface area contributed by atoms with Crippen LogP contribution in [-0.4, -0.2) is 17.1 Å². The van der Waals surface area contributed by atoms with Crippen LogP contribution in [0.2, 0.25) is 0 Å². The molecule has 0 bridgehead atoms. The molecule has 1 atom stereocenters. The summed E-state index contributed by atoms with van der Waals surface area (Å²) >= 11 is 0. The predicted octanol–water partition coefficient (Wildman–Crippen LogP) is 1.94. The summed E-state index contributed by atoms with van der Waals surface area (Å²) < 4.78 is 0. The van der Waals surface area contributed by atoms with Gasteiger partial charge >= 0.3 is 5.97 Å². The first kappa shape index (κ1) is 8.87. The summed E-state index contributed by atoms with van der Waals surface area (Å²) in [6.45, 7) is 0. The van der Waals surface area contributed by atoms with E-state index in [4.69, 9.17) is 10.6 Å². The summed E-state index contributed by atoms with van der Waals surface area (Å²) in [4.78, 5) is 13.2. The van der Waals surface area contributed by atoms with Crippen molar-refractivity contribution in [2.24, 2.45) is 11.0 Å². The number of carboxylic acids is 1. The Morgan fingerprint density at radius 1 is 1.58 bits per heavy atom. The lowest BCUT2D eigenvalue weighted by Gasteiger charge is -2.12. The van der Waals surface area contributed by atoms with Gasteiger partial charge in [0.1, 0.15) is 6.04 Å². The van der Waals surface area contributed by atoms with Gasteiger partial charge in [0.05, 0.1) is 0 Å². The van der Waals surface area contributed by atoms with Gasteiger partial charge in [-0.3, -0.25) is 4.79 Å². The zero-order chi connectivity index (χ0) is 8.97. The first-order valence-electron chi connectivity index (χ1n) is 4.02. The molecule has 0 aromatic heterocycles. The minimum atomic E-state index is -1.00. The zero-order valence-corrected chi connectivity index (χ0v) is 6.68. The molecule has 5 heteroatoms. The number of rotatable bonds is 3. The van der Waals surface area contributed by atoms with Crippen LogP contribution in [0, 0.1) is 5.92 Å². The van der Waals surface area contributed by atoms with E-state index in [0.717, 1.165) is 25.7 Å². The Bertz CT molecular complexity index is 215. The summed E-state index contributed by atoms with van der Waals surface area (Å²) in [6.07, 6.45) is 3.84. The fraction of sp³-hybridized carbons (Fsp3) is 0.857. The van der Waals surface area contributed by atoms with Gasteiger partial charge in [0, 0.05) is 4.91 Å². The molecular weight excluding hydrogens is 158 g/mol. The third-order valence-electron chi connectivity index (χ3n) is 2.28. The van der Waals surface area contributed by atoms with Gasteiger partial charge in [-0.1, -0.05) is 18.0 Å². The van der Waals surface area contributed by atoms with Gasteiger partial charge in [-0.25, -0.2) is 0 Å². The maximum Gasteiger partial charge on any atom is 0.312 e. The Kier molecular flexibility index (Phi) is 2.94. The molecule has 1 aliphatic rings. The molecule has 0 aromatic carbocycles. The van der Waals surface area contributed by atoms with Gasteiger partial charge < -0.3 is 5.11 Å². The predicted molar refractivity (Wildman–Crippen MR) is 42.5 cm³/mol. The van der Waals surface area contributed by atoms with Crippen LogP contribution in [-0.2, 0) is 4.79 Å². The molecular formula is C7H11N3O2. The van der Waals surface area contributed by atoms with Crippen molar-refractivity contribution >= 4 is 5.97 Å². The molecule has 12 heavy (non-hydrogen) atoms. The van der Waals surface area contributed by atoms with E-state index in [2.05, 4.69) is 10.0 Å². The number of hydrogen-bond acceptors (Lipinski definition) is 2. The molecule has 1 N–H and O–H groups in total. The normalized spacial score (nSPS) is 20.0. The molecule has 66 valence electrons. The summed E-state index contributed by atoms with van der Waals surface area (Å²) in [6, 6.07) is -0.850. The molecule has 1 unspecified atom stereocenters. The second kappa shape index (κ2) is 3.97. The third kappa shape index (κ3) is 1.89. The van der Waals surface area contributed by atoms with Crippen molar-refractivity contribution in [1.29, 1.82) is 0 Å². The molecule has 5 nitrogen and oxygen atoms in total. The van der Waals surface area contributed by atoms with Crippen molar-refractivity contribution in [3.8, 4) is 0 Å². The highest BCUT2D eigenvalue weighted by molar-refractivity contribution is 5.74. The van der Waals surface area contributed by atoms with Crippen molar-refractivity contribution < 1.29 is 9.90 Å². The summed E-state index contributed by atoms with van der Waals surface area (Å²) in [5.74, 6) is -0.946. The van der Waals surface area contributed by atoms with Gasteiger partial charge in [0.2, 0.25) is 0 Å². The van der Waals surface area contributed by atoms with Crippen molar-refractivity contribution in [1.82, 2.24) is 0 Å². The maximum absolute atomic E-state index is 10.6. The molecule has 1 aliphatic carbocycles. The van der Waals surface area contributed by atoms with Crippen LogP contribution in [0.25, 0.3) is 10.4 Å². The SMILES string of the molecule is [N-]=[N+]=NC(C(=O)O)C1CCCC1. The largest absolute Gasteiger partial charge is 0.481 e. The molecule has 1 fully saturated rings. The Labute approximate surface area is 70.0 Å². The Morgan fingerprint density at radius 2 is 2.17 bits per heavy atom. The van der Waals surface area contributed by atoms with E-state index >= 15 is 0 Å². The summed E-state index contributed by atoms with van der Waals surface area (Å²) in [5, 5.41) is 12.0. The highest BCUT2D eigenvalue weighted by Crippen LogP contribution is 2.29. The smallest absolute Gasteiger partial charge is 0.312 e. The number of hydrogen-bond donors (Lipinski definition) is 1. The Morgan fingerprint density at radius 3 is 2.58 bits per heavy atom. The van der Waals surface area contributed by atoms with E-state index in [0.29, 0.717) is 0 Å². The quantitative estimate of drug-likeness (QED) is 0.397. The third-order valence-corrected chi connectivity index (χ3v) is 2.28. The fourth-order valence-corrected chi connectivity index (χ4v) is 1.67. The van der Waals surface area contributed by atoms with Crippen LogP contribution in [0.3, 0.4) is 0 Å². The first-order valence-corrected chi connectivity index (χ1v) is 4.02. The number of nitrogens with zero attached hydrogens (tertiary/aromatic N) is 3. The van der Waals surface area contributed by atoms with Crippen molar-refractivity contribution in [2.45, 2.75) is 31.7 Å². The van der Waals surface area contributed by atoms with Crippen LogP contribution in [0.15, 0.2) is 5.11 Å². The van der Waals surface area contributed by atoms with Gasteiger partial charge in [-0.15, -0.1) is 0 Å². The van der Waals surface area contributed by atoms with E-state index in [1.807, 2.05) is 0 Å². The number of carbonyl (C=O) groups is 1. The van der Waals surface area contributed by atoms with Gasteiger partial charge in [0.25, 0.3) is 0 Å². The number of aliphatic carboxylic acids is 1. The van der Waals surface area contributed by atoms with E-state index in [1.54, 1.807) is 0 Å². The highest BCUT2D eigenvalue weighted by Gasteiger charge is 2.29. The minimum absolute atomic E-state index is 0.0541. The van der Waals surface area contributed by atoms with E-state index < -0.39 is 12.0 Å². The standard InChI is InChI=1S/C7H11N3O2/c8-10-9-6(7(11)12)5-3-1-2-4-5/h5-6H,1-4H2,(H,11,12). The second-order valence-electron chi connectivity index (χ2n) is 3.03. The summed E-state index contributed by atoms with van der Waals surface area (Å²) in [7, 11) is 0. The second-order valence-corrected chi connectivity index (χ2v) is 3.03. The highest BCUT2D eigenvalue weighted by atomic mass is 16.4. The zero-order valence-electron chi connectivity index (χ0n) is 6.68. The van der Waals surface area contributed by atoms with Crippen LogP contribution in [0.1, 0.15) is 25.7 Å². The van der Waals surface area contributed by atoms with Crippen molar-refractivity contribution in [3.63, 3.8) is 0 Å². The Balaban J connectivity index is 2.63. The first-order chi connectivity index (χ1) is 5.75. The van der Waals surface area contributed by atoms with Gasteiger partial charge in [-0.2, -0.15) is 0 Å². The number of azide groups is 1. The van der Waals surface area contributed by atoms with Crippen LogP contribution in [0.4, 0.5) is 0 Å². The van der Waals surface area contributed by atoms with E-state index in [1.165, 1.54) is 0 Å². The lowest BCUT2D eigenvalue weighted by Crippen LogP contribution is -2.25. The van der Waals surface area contributed by atoms with Crippen molar-refractivity contribution in [3.05, 3.63) is 10.4 Å². The van der Waals surface area contributed by atoms with Crippen LogP contribution < -0.4 is 0 Å². The summed E-state index contributed by atoms with van der Waals surface area (Å²) in [5.41, 5.74) is 8.14. The van der Waals surface area contributed by atoms with Gasteiger partial charge in [-0.05, 0) is 24.3 Å². The topological polar surface area (TPSA) is 86.1 Å². The Hall–Kier alpha value is -1.22. The maximum atomic E-state index is 10.6. The van der Waals surface area contributed by atoms with Crippen molar-refractivity contribution in [2.75, 3.05) is 0 Å². The lowest BCUT2D eigenvalue weighted by molar-refractivity contribution is -0.139. The van der Waals surface area contributed by atoms with Crippen LogP contribution >= 0.6 is 0 Å². The molecule has 0 heterocycles. The average molecular weight is 169 g/mol.